The Bertz CT molecular complexity index is 936. The second kappa shape index (κ2) is 12.0. The number of halogens is 1. The Hall–Kier alpha value is -2.89. The number of guanidine groups is 1. The van der Waals surface area contributed by atoms with Crippen molar-refractivity contribution in [1.29, 1.82) is 0 Å². The fraction of sp³-hybridized carbons (Fsp3) is 0.300. The molecule has 10 heteroatoms. The summed E-state index contributed by atoms with van der Waals surface area (Å²) < 4.78 is 7.11. The number of amides is 1. The van der Waals surface area contributed by atoms with Gasteiger partial charge in [-0.25, -0.2) is 0 Å². The Morgan fingerprint density at radius 3 is 2.67 bits per heavy atom. The molecule has 0 spiro atoms. The van der Waals surface area contributed by atoms with Crippen molar-refractivity contribution in [2.24, 2.45) is 4.99 Å². The summed E-state index contributed by atoms with van der Waals surface area (Å²) in [6, 6.07) is 10.9. The number of furan rings is 1. The summed E-state index contributed by atoms with van der Waals surface area (Å²) in [6.45, 7) is 4.14. The van der Waals surface area contributed by atoms with Crippen molar-refractivity contribution in [3.05, 3.63) is 66.1 Å². The average Bonchev–Trinajstić information content (AvgIpc) is 3.43. The second-order valence-corrected chi connectivity index (χ2v) is 6.28. The Morgan fingerprint density at radius 1 is 1.20 bits per heavy atom. The number of hydrogen-bond donors (Lipinski definition) is 3. The van der Waals surface area contributed by atoms with Gasteiger partial charge in [-0.05, 0) is 29.8 Å². The van der Waals surface area contributed by atoms with Gasteiger partial charge in [-0.15, -0.1) is 34.2 Å². The van der Waals surface area contributed by atoms with Crippen LogP contribution in [0.5, 0.6) is 0 Å². The van der Waals surface area contributed by atoms with Crippen molar-refractivity contribution in [2.75, 3.05) is 18.9 Å². The third kappa shape index (κ3) is 6.58. The first kappa shape index (κ1) is 23.4. The molecule has 0 saturated heterocycles. The fourth-order valence-corrected chi connectivity index (χ4v) is 2.75. The summed E-state index contributed by atoms with van der Waals surface area (Å²) in [7, 11) is 1.73. The number of aromatic nitrogens is 3. The summed E-state index contributed by atoms with van der Waals surface area (Å²) >= 11 is 0. The normalized spacial score (nSPS) is 10.9. The van der Waals surface area contributed by atoms with Crippen molar-refractivity contribution in [3.63, 3.8) is 0 Å². The van der Waals surface area contributed by atoms with Gasteiger partial charge in [-0.1, -0.05) is 19.1 Å². The molecule has 1 amide bonds. The molecule has 0 fully saturated rings. The molecule has 160 valence electrons. The monoisotopic (exact) mass is 523 g/mol. The maximum atomic E-state index is 12.0. The zero-order chi connectivity index (χ0) is 20.5. The van der Waals surface area contributed by atoms with Gasteiger partial charge in [0, 0.05) is 38.8 Å². The molecular weight excluding hydrogens is 497 g/mol. The Kier molecular flexibility index (Phi) is 9.32. The Balaban J connectivity index is 0.00000320. The van der Waals surface area contributed by atoms with Crippen LogP contribution in [0, 0.1) is 0 Å². The van der Waals surface area contributed by atoms with Crippen LogP contribution in [-0.2, 0) is 19.5 Å². The SMILES string of the molecule is CCc1nncn1CCNC(=NC)NCc1ccc(NC(=O)c2ccco2)cc1.I. The first-order valence-electron chi connectivity index (χ1n) is 9.44. The first-order chi connectivity index (χ1) is 14.2. The molecule has 2 heterocycles. The van der Waals surface area contributed by atoms with E-state index in [1.165, 1.54) is 6.26 Å². The maximum absolute atomic E-state index is 12.0. The molecule has 9 nitrogen and oxygen atoms in total. The molecule has 3 aromatic rings. The highest BCUT2D eigenvalue weighted by molar-refractivity contribution is 14.0. The van der Waals surface area contributed by atoms with Gasteiger partial charge in [0.25, 0.3) is 5.91 Å². The Morgan fingerprint density at radius 2 is 2.00 bits per heavy atom. The van der Waals surface area contributed by atoms with E-state index in [2.05, 4.69) is 38.1 Å². The lowest BCUT2D eigenvalue weighted by atomic mass is 10.2. The summed E-state index contributed by atoms with van der Waals surface area (Å²) in [5.41, 5.74) is 1.77. The van der Waals surface area contributed by atoms with Crippen LogP contribution in [0.3, 0.4) is 0 Å². The second-order valence-electron chi connectivity index (χ2n) is 6.28. The van der Waals surface area contributed by atoms with Crippen LogP contribution >= 0.6 is 24.0 Å². The van der Waals surface area contributed by atoms with Gasteiger partial charge in [0.1, 0.15) is 12.2 Å². The molecule has 3 rings (SSSR count). The van der Waals surface area contributed by atoms with Gasteiger partial charge in [-0.3, -0.25) is 9.79 Å². The van der Waals surface area contributed by atoms with E-state index in [-0.39, 0.29) is 35.6 Å². The number of rotatable bonds is 8. The third-order valence-corrected chi connectivity index (χ3v) is 4.30. The highest BCUT2D eigenvalue weighted by Gasteiger charge is 2.08. The fourth-order valence-electron chi connectivity index (χ4n) is 2.75. The number of aliphatic imine (C=N–C) groups is 1. The maximum Gasteiger partial charge on any atom is 0.291 e. The standard InChI is InChI=1S/C20H25N7O2.HI/c1-3-18-26-24-14-27(18)11-10-22-20(21-2)23-13-15-6-8-16(9-7-15)25-19(28)17-5-4-12-29-17;/h4-9,12,14H,3,10-11,13H2,1-2H3,(H,25,28)(H2,21,22,23);1H. The molecule has 0 saturated carbocycles. The van der Waals surface area contributed by atoms with Gasteiger partial charge in [0.05, 0.1) is 6.26 Å². The van der Waals surface area contributed by atoms with Crippen molar-refractivity contribution >= 4 is 41.5 Å². The molecule has 1 aromatic carbocycles. The molecule has 0 bridgehead atoms. The number of carbonyl (C=O) groups excluding carboxylic acids is 1. The summed E-state index contributed by atoms with van der Waals surface area (Å²) in [5, 5.41) is 17.4. The average molecular weight is 523 g/mol. The molecular formula is C20H26IN7O2. The quantitative estimate of drug-likeness (QED) is 0.238. The van der Waals surface area contributed by atoms with E-state index in [4.69, 9.17) is 4.42 Å². The van der Waals surface area contributed by atoms with Crippen molar-refractivity contribution in [1.82, 2.24) is 25.4 Å². The number of nitrogens with one attached hydrogen (secondary N) is 3. The van der Waals surface area contributed by atoms with Crippen LogP contribution in [0.2, 0.25) is 0 Å². The third-order valence-electron chi connectivity index (χ3n) is 4.30. The Labute approximate surface area is 192 Å². The first-order valence-corrected chi connectivity index (χ1v) is 9.44. The lowest BCUT2D eigenvalue weighted by Crippen LogP contribution is -2.38. The van der Waals surface area contributed by atoms with Crippen molar-refractivity contribution in [2.45, 2.75) is 26.4 Å². The minimum absolute atomic E-state index is 0. The van der Waals surface area contributed by atoms with Gasteiger partial charge >= 0.3 is 0 Å². The van der Waals surface area contributed by atoms with Crippen molar-refractivity contribution in [3.8, 4) is 0 Å². The van der Waals surface area contributed by atoms with Gasteiger partial charge < -0.3 is 24.9 Å². The number of hydrogen-bond acceptors (Lipinski definition) is 5. The minimum atomic E-state index is -0.273. The highest BCUT2D eigenvalue weighted by Crippen LogP contribution is 2.11. The number of anilines is 1. The lowest BCUT2D eigenvalue weighted by Gasteiger charge is -2.13. The predicted molar refractivity (Wildman–Crippen MR) is 126 cm³/mol. The molecule has 0 aliphatic carbocycles. The summed E-state index contributed by atoms with van der Waals surface area (Å²) in [5.74, 6) is 1.69. The van der Waals surface area contributed by atoms with E-state index >= 15 is 0 Å². The van der Waals surface area contributed by atoms with Crippen LogP contribution in [0.25, 0.3) is 0 Å². The van der Waals surface area contributed by atoms with Crippen LogP contribution in [0.4, 0.5) is 5.69 Å². The smallest absolute Gasteiger partial charge is 0.291 e. The zero-order valence-electron chi connectivity index (χ0n) is 17.0. The largest absolute Gasteiger partial charge is 0.459 e. The van der Waals surface area contributed by atoms with E-state index < -0.39 is 0 Å². The molecule has 0 unspecified atom stereocenters. The molecule has 0 radical (unpaired) electrons. The van der Waals surface area contributed by atoms with Gasteiger partial charge in [-0.2, -0.15) is 0 Å². The van der Waals surface area contributed by atoms with Crippen molar-refractivity contribution < 1.29 is 9.21 Å². The van der Waals surface area contributed by atoms with E-state index in [1.54, 1.807) is 25.5 Å². The summed E-state index contributed by atoms with van der Waals surface area (Å²) in [6.07, 6.45) is 4.06. The number of nitrogens with zero attached hydrogens (tertiary/aromatic N) is 4. The lowest BCUT2D eigenvalue weighted by molar-refractivity contribution is 0.0996. The molecule has 0 aliphatic rings. The van der Waals surface area contributed by atoms with E-state index in [9.17, 15) is 4.79 Å². The van der Waals surface area contributed by atoms with E-state index in [1.807, 2.05) is 28.8 Å². The molecule has 2 aromatic heterocycles. The molecule has 30 heavy (non-hydrogen) atoms. The van der Waals surface area contributed by atoms with Crippen LogP contribution < -0.4 is 16.0 Å². The number of carbonyl (C=O) groups is 1. The molecule has 3 N–H and O–H groups in total. The minimum Gasteiger partial charge on any atom is -0.459 e. The predicted octanol–water partition coefficient (Wildman–Crippen LogP) is 2.67. The van der Waals surface area contributed by atoms with Gasteiger partial charge in [0.15, 0.2) is 11.7 Å². The summed E-state index contributed by atoms with van der Waals surface area (Å²) in [4.78, 5) is 16.2. The van der Waals surface area contributed by atoms with E-state index in [0.29, 0.717) is 24.7 Å². The molecule has 0 atom stereocenters. The zero-order valence-corrected chi connectivity index (χ0v) is 19.3. The number of benzene rings is 1. The van der Waals surface area contributed by atoms with E-state index in [0.717, 1.165) is 24.4 Å². The van der Waals surface area contributed by atoms with Crippen LogP contribution in [0.1, 0.15) is 28.9 Å². The topological polar surface area (TPSA) is 109 Å². The molecule has 0 aliphatic heterocycles. The van der Waals surface area contributed by atoms with Crippen LogP contribution in [0.15, 0.2) is 58.4 Å². The van der Waals surface area contributed by atoms with Crippen LogP contribution in [-0.4, -0.2) is 40.2 Å². The van der Waals surface area contributed by atoms with Gasteiger partial charge in [0.2, 0.25) is 0 Å². The number of aryl methyl sites for hydroxylation is 1. The highest BCUT2D eigenvalue weighted by atomic mass is 127.